The molecule has 5 nitrogen and oxygen atoms in total. The highest BCUT2D eigenvalue weighted by Crippen LogP contribution is 2.06. The van der Waals surface area contributed by atoms with Gasteiger partial charge in [-0.3, -0.25) is 4.79 Å². The van der Waals surface area contributed by atoms with Crippen molar-refractivity contribution in [2.45, 2.75) is 32.9 Å². The van der Waals surface area contributed by atoms with E-state index < -0.39 is 11.7 Å². The number of hydrogen-bond acceptors (Lipinski definition) is 3. The molecule has 0 bridgehead atoms. The monoisotopic (exact) mass is 238 g/mol. The van der Waals surface area contributed by atoms with Crippen molar-refractivity contribution in [3.05, 3.63) is 34.7 Å². The topological polar surface area (TPSA) is 60.3 Å². The van der Waals surface area contributed by atoms with Gasteiger partial charge < -0.3 is 14.6 Å². The van der Waals surface area contributed by atoms with Crippen molar-refractivity contribution in [1.29, 1.82) is 0 Å². The van der Waals surface area contributed by atoms with Crippen LogP contribution in [0.1, 0.15) is 20.8 Å². The maximum atomic E-state index is 11.3. The third-order valence-corrected chi connectivity index (χ3v) is 1.90. The van der Waals surface area contributed by atoms with Gasteiger partial charge in [-0.05, 0) is 20.8 Å². The molecule has 1 N–H and O–H groups in total. The highest BCUT2D eigenvalue weighted by atomic mass is 16.6. The molecule has 1 amide bonds. The lowest BCUT2D eigenvalue weighted by Crippen LogP contribution is -2.34. The summed E-state index contributed by atoms with van der Waals surface area (Å²) in [5, 5.41) is 2.64. The lowest BCUT2D eigenvalue weighted by molar-refractivity contribution is 0.0526. The molecule has 0 saturated heterocycles. The molecule has 0 aliphatic carbocycles. The van der Waals surface area contributed by atoms with Crippen LogP contribution in [0.25, 0.3) is 0 Å². The van der Waals surface area contributed by atoms with Gasteiger partial charge >= 0.3 is 6.09 Å². The van der Waals surface area contributed by atoms with Crippen molar-refractivity contribution < 1.29 is 9.53 Å². The SMILES string of the molecule is CC(C)(C)OC(=O)NCCn1ccc(=O)cc1. The molecule has 0 aliphatic rings. The van der Waals surface area contributed by atoms with Crippen LogP contribution < -0.4 is 10.7 Å². The Morgan fingerprint density at radius 3 is 2.47 bits per heavy atom. The third-order valence-electron chi connectivity index (χ3n) is 1.90. The molecule has 1 heterocycles. The molecule has 17 heavy (non-hydrogen) atoms. The maximum absolute atomic E-state index is 11.3. The number of pyridine rings is 1. The lowest BCUT2D eigenvalue weighted by Gasteiger charge is -2.19. The van der Waals surface area contributed by atoms with E-state index in [1.807, 2.05) is 25.3 Å². The van der Waals surface area contributed by atoms with Gasteiger partial charge in [0, 0.05) is 37.6 Å². The Balaban J connectivity index is 2.31. The molecule has 94 valence electrons. The Morgan fingerprint density at radius 2 is 1.94 bits per heavy atom. The molecule has 1 aromatic heterocycles. The number of nitrogens with one attached hydrogen (secondary N) is 1. The summed E-state index contributed by atoms with van der Waals surface area (Å²) in [6, 6.07) is 2.96. The van der Waals surface area contributed by atoms with Gasteiger partial charge in [0.1, 0.15) is 5.60 Å². The van der Waals surface area contributed by atoms with Gasteiger partial charge in [0.05, 0.1) is 0 Å². The summed E-state index contributed by atoms with van der Waals surface area (Å²) in [6.07, 6.45) is 2.93. The average Bonchev–Trinajstić information content (AvgIpc) is 2.18. The first-order chi connectivity index (χ1) is 7.87. The van der Waals surface area contributed by atoms with Crippen molar-refractivity contribution in [3.8, 4) is 0 Å². The summed E-state index contributed by atoms with van der Waals surface area (Å²) < 4.78 is 6.90. The molecule has 0 saturated carbocycles. The van der Waals surface area contributed by atoms with Gasteiger partial charge in [-0.15, -0.1) is 0 Å². The zero-order chi connectivity index (χ0) is 12.9. The van der Waals surface area contributed by atoms with Crippen LogP contribution in [0.4, 0.5) is 4.79 Å². The molecule has 0 spiro atoms. The number of carbonyl (C=O) groups is 1. The van der Waals surface area contributed by atoms with Crippen LogP contribution in [0.2, 0.25) is 0 Å². The number of rotatable bonds is 3. The predicted molar refractivity (Wildman–Crippen MR) is 64.9 cm³/mol. The Labute approximate surface area is 100 Å². The van der Waals surface area contributed by atoms with Crippen molar-refractivity contribution in [2.75, 3.05) is 6.54 Å². The van der Waals surface area contributed by atoms with Crippen molar-refractivity contribution >= 4 is 6.09 Å². The van der Waals surface area contributed by atoms with E-state index in [-0.39, 0.29) is 5.43 Å². The molecular weight excluding hydrogens is 220 g/mol. The molecule has 1 aromatic rings. The lowest BCUT2D eigenvalue weighted by atomic mass is 10.2. The fraction of sp³-hybridized carbons (Fsp3) is 0.500. The highest BCUT2D eigenvalue weighted by Gasteiger charge is 2.15. The molecule has 0 atom stereocenters. The quantitative estimate of drug-likeness (QED) is 0.865. The Hall–Kier alpha value is -1.78. The number of nitrogens with zero attached hydrogens (tertiary/aromatic N) is 1. The van der Waals surface area contributed by atoms with E-state index in [9.17, 15) is 9.59 Å². The fourth-order valence-corrected chi connectivity index (χ4v) is 1.19. The zero-order valence-electron chi connectivity index (χ0n) is 10.4. The maximum Gasteiger partial charge on any atom is 0.407 e. The van der Waals surface area contributed by atoms with Gasteiger partial charge in [-0.25, -0.2) is 4.79 Å². The molecule has 5 heteroatoms. The van der Waals surface area contributed by atoms with Gasteiger partial charge in [0.2, 0.25) is 0 Å². The minimum Gasteiger partial charge on any atom is -0.444 e. The van der Waals surface area contributed by atoms with Crippen molar-refractivity contribution in [2.24, 2.45) is 0 Å². The molecule has 0 unspecified atom stereocenters. The number of ether oxygens (including phenoxy) is 1. The van der Waals surface area contributed by atoms with E-state index in [0.29, 0.717) is 13.1 Å². The van der Waals surface area contributed by atoms with E-state index >= 15 is 0 Å². The first-order valence-corrected chi connectivity index (χ1v) is 5.50. The largest absolute Gasteiger partial charge is 0.444 e. The molecule has 0 radical (unpaired) electrons. The number of hydrogen-bond donors (Lipinski definition) is 1. The normalized spacial score (nSPS) is 11.0. The number of aromatic nitrogens is 1. The van der Waals surface area contributed by atoms with Crippen LogP contribution in [-0.2, 0) is 11.3 Å². The summed E-state index contributed by atoms with van der Waals surface area (Å²) in [7, 11) is 0. The highest BCUT2D eigenvalue weighted by molar-refractivity contribution is 5.67. The second-order valence-corrected chi connectivity index (χ2v) is 4.70. The number of alkyl carbamates (subject to hydrolysis) is 1. The first-order valence-electron chi connectivity index (χ1n) is 5.50. The molecule has 0 fully saturated rings. The average molecular weight is 238 g/mol. The first kappa shape index (κ1) is 13.3. The summed E-state index contributed by atoms with van der Waals surface area (Å²) in [5.74, 6) is 0. The van der Waals surface area contributed by atoms with Gasteiger partial charge in [-0.2, -0.15) is 0 Å². The van der Waals surface area contributed by atoms with E-state index in [4.69, 9.17) is 4.74 Å². The van der Waals surface area contributed by atoms with Crippen molar-refractivity contribution in [1.82, 2.24) is 9.88 Å². The van der Waals surface area contributed by atoms with Crippen LogP contribution in [-0.4, -0.2) is 22.8 Å². The van der Waals surface area contributed by atoms with E-state index in [2.05, 4.69) is 5.32 Å². The second-order valence-electron chi connectivity index (χ2n) is 4.70. The van der Waals surface area contributed by atoms with Crippen LogP contribution in [0.15, 0.2) is 29.3 Å². The van der Waals surface area contributed by atoms with Crippen molar-refractivity contribution in [3.63, 3.8) is 0 Å². The second kappa shape index (κ2) is 5.52. The minimum atomic E-state index is -0.485. The summed E-state index contributed by atoms with van der Waals surface area (Å²) in [5.41, 5.74) is -0.511. The smallest absolute Gasteiger partial charge is 0.407 e. The molecule has 0 aliphatic heterocycles. The third kappa shape index (κ3) is 5.75. The molecule has 0 aromatic carbocycles. The Morgan fingerprint density at radius 1 is 1.35 bits per heavy atom. The number of carbonyl (C=O) groups excluding carboxylic acids is 1. The summed E-state index contributed by atoms with van der Waals surface area (Å²) in [4.78, 5) is 22.2. The van der Waals surface area contributed by atoms with E-state index in [1.165, 1.54) is 12.1 Å². The van der Waals surface area contributed by atoms with Crippen LogP contribution in [0.3, 0.4) is 0 Å². The number of amides is 1. The van der Waals surface area contributed by atoms with Gasteiger partial charge in [0.25, 0.3) is 0 Å². The van der Waals surface area contributed by atoms with Gasteiger partial charge in [-0.1, -0.05) is 0 Å². The summed E-state index contributed by atoms with van der Waals surface area (Å²) >= 11 is 0. The van der Waals surface area contributed by atoms with Crippen LogP contribution in [0, 0.1) is 0 Å². The van der Waals surface area contributed by atoms with E-state index in [0.717, 1.165) is 0 Å². The zero-order valence-corrected chi connectivity index (χ0v) is 10.4. The molecule has 1 rings (SSSR count). The standard InChI is InChI=1S/C12H18N2O3/c1-12(2,3)17-11(16)13-6-9-14-7-4-10(15)5-8-14/h4-5,7-8H,6,9H2,1-3H3,(H,13,16). The summed E-state index contributed by atoms with van der Waals surface area (Å²) in [6.45, 7) is 6.49. The van der Waals surface area contributed by atoms with E-state index in [1.54, 1.807) is 12.4 Å². The Bertz CT molecular complexity index is 412. The minimum absolute atomic E-state index is 0.0265. The predicted octanol–water partition coefficient (Wildman–Crippen LogP) is 1.37. The van der Waals surface area contributed by atoms with Crippen LogP contribution >= 0.6 is 0 Å². The molecular formula is C12H18N2O3. The fourth-order valence-electron chi connectivity index (χ4n) is 1.19. The van der Waals surface area contributed by atoms with Crippen LogP contribution in [0.5, 0.6) is 0 Å². The Kier molecular flexibility index (Phi) is 4.31. The van der Waals surface area contributed by atoms with Gasteiger partial charge in [0.15, 0.2) is 5.43 Å².